The van der Waals surface area contributed by atoms with E-state index in [0.29, 0.717) is 17.8 Å². The average molecular weight is 313 g/mol. The van der Waals surface area contributed by atoms with Gasteiger partial charge in [-0.1, -0.05) is 23.8 Å². The third-order valence-electron chi connectivity index (χ3n) is 6.92. The summed E-state index contributed by atoms with van der Waals surface area (Å²) in [7, 11) is 0. The lowest BCUT2D eigenvalue weighted by Crippen LogP contribution is -2.51. The summed E-state index contributed by atoms with van der Waals surface area (Å²) in [6.45, 7) is 20.7. The Morgan fingerprint density at radius 3 is 2.61 bits per heavy atom. The molecule has 1 aliphatic heterocycles. The molecule has 1 heterocycles. The number of rotatable bonds is 2. The van der Waals surface area contributed by atoms with Gasteiger partial charge in [0.2, 0.25) is 5.54 Å². The molecule has 0 radical (unpaired) electrons. The van der Waals surface area contributed by atoms with Crippen LogP contribution in [0.5, 0.6) is 0 Å². The molecule has 2 nitrogen and oxygen atoms in total. The first-order chi connectivity index (χ1) is 10.8. The maximum atomic E-state index is 7.74. The lowest BCUT2D eigenvalue weighted by molar-refractivity contribution is -0.0938. The molecule has 0 amide bonds. The zero-order chi connectivity index (χ0) is 16.8. The van der Waals surface area contributed by atoms with E-state index in [-0.39, 0.29) is 17.2 Å². The second kappa shape index (κ2) is 5.78. The van der Waals surface area contributed by atoms with Crippen molar-refractivity contribution < 1.29 is 4.74 Å². The van der Waals surface area contributed by atoms with Gasteiger partial charge in [-0.2, -0.15) is 0 Å². The highest BCUT2D eigenvalue weighted by Gasteiger charge is 2.57. The highest BCUT2D eigenvalue weighted by molar-refractivity contribution is 5.20. The van der Waals surface area contributed by atoms with Crippen LogP contribution in [0.3, 0.4) is 0 Å². The SMILES string of the molecule is [C-]#[N+][C@@]1(C)CC[C@H]([C@@]2(C)CC[C@@H](C(=C)C)O2)[C@H]2C=C(C)CC[C@@H]21. The minimum absolute atomic E-state index is 0.0516. The van der Waals surface area contributed by atoms with E-state index in [4.69, 9.17) is 11.3 Å². The van der Waals surface area contributed by atoms with Gasteiger partial charge in [0, 0.05) is 19.3 Å². The van der Waals surface area contributed by atoms with Crippen LogP contribution in [0.1, 0.15) is 66.2 Å². The van der Waals surface area contributed by atoms with Crippen molar-refractivity contribution >= 4 is 0 Å². The Morgan fingerprint density at radius 1 is 1.26 bits per heavy atom. The van der Waals surface area contributed by atoms with Crippen molar-refractivity contribution in [2.75, 3.05) is 0 Å². The number of nitrogens with zero attached hydrogens (tertiary/aromatic N) is 1. The molecule has 23 heavy (non-hydrogen) atoms. The minimum atomic E-state index is -0.179. The molecular formula is C21H31NO. The molecule has 1 saturated heterocycles. The molecule has 0 unspecified atom stereocenters. The predicted octanol–water partition coefficient (Wildman–Crippen LogP) is 5.56. The van der Waals surface area contributed by atoms with Crippen LogP contribution in [0.15, 0.2) is 23.8 Å². The van der Waals surface area contributed by atoms with E-state index in [9.17, 15) is 0 Å². The van der Waals surface area contributed by atoms with Crippen LogP contribution >= 0.6 is 0 Å². The topological polar surface area (TPSA) is 13.6 Å². The van der Waals surface area contributed by atoms with Crippen LogP contribution in [0, 0.1) is 24.3 Å². The van der Waals surface area contributed by atoms with Crippen LogP contribution in [0.4, 0.5) is 0 Å². The first-order valence-electron chi connectivity index (χ1n) is 9.18. The van der Waals surface area contributed by atoms with Crippen molar-refractivity contribution in [1.82, 2.24) is 0 Å². The number of hydrogen-bond donors (Lipinski definition) is 0. The van der Waals surface area contributed by atoms with E-state index in [1.54, 1.807) is 0 Å². The van der Waals surface area contributed by atoms with Crippen molar-refractivity contribution in [3.8, 4) is 0 Å². The first-order valence-corrected chi connectivity index (χ1v) is 9.18. The number of ether oxygens (including phenoxy) is 1. The molecule has 0 spiro atoms. The van der Waals surface area contributed by atoms with Gasteiger partial charge >= 0.3 is 0 Å². The van der Waals surface area contributed by atoms with Crippen LogP contribution in [-0.2, 0) is 4.74 Å². The smallest absolute Gasteiger partial charge is 0.233 e. The maximum Gasteiger partial charge on any atom is 0.233 e. The van der Waals surface area contributed by atoms with Crippen molar-refractivity contribution in [3.05, 3.63) is 35.2 Å². The van der Waals surface area contributed by atoms with Gasteiger partial charge in [0.05, 0.1) is 11.7 Å². The third-order valence-corrected chi connectivity index (χ3v) is 6.92. The Labute approximate surface area is 141 Å². The molecule has 0 N–H and O–H groups in total. The van der Waals surface area contributed by atoms with Gasteiger partial charge in [0.25, 0.3) is 0 Å². The second-order valence-corrected chi connectivity index (χ2v) is 8.65. The zero-order valence-electron chi connectivity index (χ0n) is 15.2. The highest BCUT2D eigenvalue weighted by atomic mass is 16.5. The molecule has 2 heteroatoms. The summed E-state index contributed by atoms with van der Waals surface area (Å²) < 4.78 is 6.53. The van der Waals surface area contributed by atoms with E-state index in [1.807, 2.05) is 0 Å². The summed E-state index contributed by atoms with van der Waals surface area (Å²) in [5.41, 5.74) is 2.43. The van der Waals surface area contributed by atoms with Crippen LogP contribution in [0.25, 0.3) is 4.85 Å². The standard InChI is InChI=1S/C21H31NO/c1-14(2)19-10-12-21(5,23-19)18-9-11-20(4,22-6)17-8-7-15(3)13-16(17)18/h13,16-19H,1,7-12H2,2-5H3/t16-,17-,18-,19-,20-,21+/m0/s1. The van der Waals surface area contributed by atoms with Crippen molar-refractivity contribution in [3.63, 3.8) is 0 Å². The summed E-state index contributed by atoms with van der Waals surface area (Å²) >= 11 is 0. The monoisotopic (exact) mass is 313 g/mol. The van der Waals surface area contributed by atoms with Crippen LogP contribution in [0.2, 0.25) is 0 Å². The molecule has 2 aliphatic carbocycles. The van der Waals surface area contributed by atoms with Gasteiger partial charge in [-0.15, -0.1) is 0 Å². The average Bonchev–Trinajstić information content (AvgIpc) is 2.91. The molecule has 126 valence electrons. The normalized spacial score (nSPS) is 46.7. The lowest BCUT2D eigenvalue weighted by Gasteiger charge is -2.49. The molecule has 3 rings (SSSR count). The predicted molar refractivity (Wildman–Crippen MR) is 95.0 cm³/mol. The van der Waals surface area contributed by atoms with E-state index in [2.05, 4.69) is 45.2 Å². The molecule has 0 aromatic heterocycles. The van der Waals surface area contributed by atoms with Crippen molar-refractivity contribution in [2.24, 2.45) is 17.8 Å². The van der Waals surface area contributed by atoms with E-state index in [1.165, 1.54) is 12.0 Å². The molecule has 0 bridgehead atoms. The third kappa shape index (κ3) is 2.78. The second-order valence-electron chi connectivity index (χ2n) is 8.65. The summed E-state index contributed by atoms with van der Waals surface area (Å²) in [5.74, 6) is 1.54. The molecule has 3 aliphatic rings. The van der Waals surface area contributed by atoms with Gasteiger partial charge in [0.1, 0.15) is 0 Å². The number of hydrogen-bond acceptors (Lipinski definition) is 1. The molecule has 2 fully saturated rings. The highest BCUT2D eigenvalue weighted by Crippen LogP contribution is 2.55. The van der Waals surface area contributed by atoms with E-state index in [0.717, 1.165) is 37.7 Å². The van der Waals surface area contributed by atoms with Gasteiger partial charge < -0.3 is 9.58 Å². The van der Waals surface area contributed by atoms with Crippen molar-refractivity contribution in [1.29, 1.82) is 0 Å². The Bertz CT molecular complexity index is 571. The molecule has 0 aromatic carbocycles. The molecular weight excluding hydrogens is 282 g/mol. The maximum absolute atomic E-state index is 7.74. The van der Waals surface area contributed by atoms with Gasteiger partial charge in [-0.05, 0) is 64.7 Å². The zero-order valence-corrected chi connectivity index (χ0v) is 15.2. The number of allylic oxidation sites excluding steroid dienone is 2. The van der Waals surface area contributed by atoms with Gasteiger partial charge in [-0.3, -0.25) is 0 Å². The Hall–Kier alpha value is -1.07. The van der Waals surface area contributed by atoms with Crippen LogP contribution in [-0.4, -0.2) is 17.2 Å². The van der Waals surface area contributed by atoms with Crippen molar-refractivity contribution in [2.45, 2.75) is 83.5 Å². The molecule has 0 aromatic rings. The summed E-state index contributed by atoms with van der Waals surface area (Å²) in [6.07, 6.45) is 9.40. The molecule has 1 saturated carbocycles. The minimum Gasteiger partial charge on any atom is -0.367 e. The Balaban J connectivity index is 1.90. The summed E-state index contributed by atoms with van der Waals surface area (Å²) in [5, 5.41) is 0. The number of fused-ring (bicyclic) bond motifs is 1. The quantitative estimate of drug-likeness (QED) is 0.480. The Morgan fingerprint density at radius 2 is 2.00 bits per heavy atom. The van der Waals surface area contributed by atoms with Gasteiger partial charge in [0.15, 0.2) is 0 Å². The largest absolute Gasteiger partial charge is 0.367 e. The summed E-state index contributed by atoms with van der Waals surface area (Å²) in [6, 6.07) is 0. The molecule has 6 atom stereocenters. The van der Waals surface area contributed by atoms with E-state index >= 15 is 0 Å². The summed E-state index contributed by atoms with van der Waals surface area (Å²) in [4.78, 5) is 4.08. The lowest BCUT2D eigenvalue weighted by atomic mass is 9.56. The Kier molecular flexibility index (Phi) is 4.21. The fourth-order valence-electron chi connectivity index (χ4n) is 5.38. The van der Waals surface area contributed by atoms with E-state index < -0.39 is 0 Å². The van der Waals surface area contributed by atoms with Crippen LogP contribution < -0.4 is 0 Å². The first kappa shape index (κ1) is 16.8. The fourth-order valence-corrected chi connectivity index (χ4v) is 5.38. The van der Waals surface area contributed by atoms with Gasteiger partial charge in [-0.25, -0.2) is 6.57 Å². The fraction of sp³-hybridized carbons (Fsp3) is 0.762.